The van der Waals surface area contributed by atoms with Gasteiger partial charge in [0.15, 0.2) is 0 Å². The summed E-state index contributed by atoms with van der Waals surface area (Å²) in [6.45, 7) is 6.78. The molecule has 34 heavy (non-hydrogen) atoms. The third-order valence-corrected chi connectivity index (χ3v) is 9.81. The number of hydrogen-bond donors (Lipinski definition) is 2. The van der Waals surface area contributed by atoms with Gasteiger partial charge in [-0.1, -0.05) is 37.6 Å². The van der Waals surface area contributed by atoms with Crippen molar-refractivity contribution in [1.82, 2.24) is 0 Å². The summed E-state index contributed by atoms with van der Waals surface area (Å²) in [5, 5.41) is 10.2. The highest BCUT2D eigenvalue weighted by Crippen LogP contribution is 2.62. The lowest BCUT2D eigenvalue weighted by Gasteiger charge is -2.57. The maximum Gasteiger partial charge on any atom is 0.317 e. The molecule has 0 spiro atoms. The Labute approximate surface area is 203 Å². The van der Waals surface area contributed by atoms with Gasteiger partial charge in [-0.3, -0.25) is 9.35 Å². The van der Waals surface area contributed by atoms with Crippen LogP contribution in [0.5, 0.6) is 5.75 Å². The third-order valence-electron chi connectivity index (χ3n) is 9.09. The van der Waals surface area contributed by atoms with Crippen molar-refractivity contribution in [3.05, 3.63) is 41.5 Å². The summed E-state index contributed by atoms with van der Waals surface area (Å²) in [7, 11) is -4.02. The predicted octanol–water partition coefficient (Wildman–Crippen LogP) is 4.96. The molecular formula is C27H38O6S. The first-order valence-electron chi connectivity index (χ1n) is 12.4. The van der Waals surface area contributed by atoms with E-state index < -0.39 is 15.5 Å². The number of fused-ring (bicyclic) bond motifs is 4. The van der Waals surface area contributed by atoms with Gasteiger partial charge in [0, 0.05) is 6.61 Å². The van der Waals surface area contributed by atoms with Crippen molar-refractivity contribution < 1.29 is 27.6 Å². The number of esters is 1. The first kappa shape index (κ1) is 25.4. The Balaban J connectivity index is 1.56. The molecule has 4 aliphatic rings. The highest BCUT2D eigenvalue weighted by Gasteiger charge is 2.57. The average Bonchev–Trinajstić information content (AvgIpc) is 2.76. The first-order valence-corrected chi connectivity index (χ1v) is 14.0. The number of aryl methyl sites for hydroxylation is 1. The molecule has 4 aliphatic carbocycles. The maximum absolute atomic E-state index is 13.6. The lowest BCUT2D eigenvalue weighted by atomic mass is 9.47. The van der Waals surface area contributed by atoms with Crippen molar-refractivity contribution in [2.75, 3.05) is 12.4 Å². The molecule has 5 atom stereocenters. The van der Waals surface area contributed by atoms with Gasteiger partial charge in [0.1, 0.15) is 5.75 Å². The molecule has 5 unspecified atom stereocenters. The van der Waals surface area contributed by atoms with Crippen LogP contribution in [0, 0.1) is 28.1 Å². The highest BCUT2D eigenvalue weighted by molar-refractivity contribution is 7.85. The summed E-state index contributed by atoms with van der Waals surface area (Å²) in [4.78, 5) is 13.6. The van der Waals surface area contributed by atoms with Crippen LogP contribution < -0.4 is 4.74 Å². The molecule has 1 aromatic carbocycles. The van der Waals surface area contributed by atoms with E-state index in [9.17, 15) is 18.3 Å². The Morgan fingerprint density at radius 2 is 1.79 bits per heavy atom. The second-order valence-electron chi connectivity index (χ2n) is 11.8. The zero-order valence-corrected chi connectivity index (χ0v) is 21.4. The minimum Gasteiger partial charge on any atom is -0.426 e. The topological polar surface area (TPSA) is 101 Å². The molecule has 7 heteroatoms. The number of benzene rings is 1. The van der Waals surface area contributed by atoms with Gasteiger partial charge in [-0.2, -0.15) is 8.42 Å². The van der Waals surface area contributed by atoms with E-state index in [1.54, 1.807) is 24.3 Å². The van der Waals surface area contributed by atoms with Gasteiger partial charge in [0.05, 0.1) is 11.2 Å². The van der Waals surface area contributed by atoms with E-state index in [1.807, 2.05) is 0 Å². The van der Waals surface area contributed by atoms with Crippen molar-refractivity contribution in [3.8, 4) is 5.75 Å². The number of carbonyl (C=O) groups excluding carboxylic acids is 1. The molecule has 2 N–H and O–H groups in total. The van der Waals surface area contributed by atoms with Crippen LogP contribution in [0.1, 0.15) is 71.3 Å². The number of carbonyl (C=O) groups is 1. The van der Waals surface area contributed by atoms with Crippen molar-refractivity contribution >= 4 is 16.1 Å². The molecule has 2 saturated carbocycles. The third kappa shape index (κ3) is 5.12. The number of allylic oxidation sites excluding steroid dienone is 2. The lowest BCUT2D eigenvalue weighted by molar-refractivity contribution is -0.161. The van der Waals surface area contributed by atoms with E-state index >= 15 is 0 Å². The molecule has 5 rings (SSSR count). The van der Waals surface area contributed by atoms with E-state index in [0.29, 0.717) is 11.7 Å². The second kappa shape index (κ2) is 9.07. The van der Waals surface area contributed by atoms with Gasteiger partial charge < -0.3 is 9.84 Å². The quantitative estimate of drug-likeness (QED) is 0.253. The molecule has 4 bridgehead atoms. The van der Waals surface area contributed by atoms with E-state index in [-0.39, 0.29) is 41.5 Å². The Kier molecular flexibility index (Phi) is 6.77. The summed E-state index contributed by atoms with van der Waals surface area (Å²) in [5.41, 5.74) is 1.57. The fraction of sp³-hybridized carbons (Fsp3) is 0.667. The molecule has 0 radical (unpaired) electrons. The van der Waals surface area contributed by atoms with Crippen LogP contribution >= 0.6 is 0 Å². The molecule has 0 aliphatic heterocycles. The van der Waals surface area contributed by atoms with Crippen molar-refractivity contribution in [1.29, 1.82) is 0 Å². The second-order valence-corrected chi connectivity index (χ2v) is 13.4. The molecule has 2 fully saturated rings. The summed E-state index contributed by atoms with van der Waals surface area (Å²) < 4.78 is 36.8. The number of hydrogen-bond acceptors (Lipinski definition) is 5. The summed E-state index contributed by atoms with van der Waals surface area (Å²) >= 11 is 0. The molecule has 6 nitrogen and oxygen atoms in total. The normalized spacial score (nSPS) is 37.1. The number of ether oxygens (including phenoxy) is 1. The Hall–Kier alpha value is -1.70. The summed E-state index contributed by atoms with van der Waals surface area (Å²) in [5.74, 6) is 0.401. The molecule has 1 aromatic rings. The predicted molar refractivity (Wildman–Crippen MR) is 131 cm³/mol. The fourth-order valence-corrected chi connectivity index (χ4v) is 7.18. The smallest absolute Gasteiger partial charge is 0.317 e. The van der Waals surface area contributed by atoms with Gasteiger partial charge in [-0.25, -0.2) is 0 Å². The zero-order valence-electron chi connectivity index (χ0n) is 20.5. The van der Waals surface area contributed by atoms with Crippen molar-refractivity contribution in [3.63, 3.8) is 0 Å². The van der Waals surface area contributed by atoms with Gasteiger partial charge in [-0.15, -0.1) is 0 Å². The van der Waals surface area contributed by atoms with Gasteiger partial charge in [0.2, 0.25) is 0 Å². The van der Waals surface area contributed by atoms with Crippen LogP contribution in [0.2, 0.25) is 0 Å². The van der Waals surface area contributed by atoms with Crippen LogP contribution in [0.15, 0.2) is 35.9 Å². The highest BCUT2D eigenvalue weighted by atomic mass is 32.2. The van der Waals surface area contributed by atoms with Crippen LogP contribution in [-0.2, 0) is 21.3 Å². The molecular weight excluding hydrogens is 452 g/mol. The van der Waals surface area contributed by atoms with Crippen LogP contribution in [-0.4, -0.2) is 36.4 Å². The molecule has 0 aromatic heterocycles. The van der Waals surface area contributed by atoms with Gasteiger partial charge in [-0.05, 0) is 98.7 Å². The van der Waals surface area contributed by atoms with Crippen molar-refractivity contribution in [2.24, 2.45) is 28.1 Å². The van der Waals surface area contributed by atoms with E-state index in [0.717, 1.165) is 50.5 Å². The number of rotatable bonds is 6. The Bertz CT molecular complexity index is 1060. The van der Waals surface area contributed by atoms with E-state index in [1.165, 1.54) is 5.57 Å². The maximum atomic E-state index is 13.6. The largest absolute Gasteiger partial charge is 0.426 e. The summed E-state index contributed by atoms with van der Waals surface area (Å²) in [6, 6.07) is 6.83. The minimum absolute atomic E-state index is 0.156. The molecule has 0 amide bonds. The first-order chi connectivity index (χ1) is 15.9. The Morgan fingerprint density at radius 1 is 1.09 bits per heavy atom. The van der Waals surface area contributed by atoms with Crippen LogP contribution in [0.3, 0.4) is 0 Å². The molecule has 0 saturated heterocycles. The van der Waals surface area contributed by atoms with E-state index in [4.69, 9.17) is 9.29 Å². The van der Waals surface area contributed by atoms with E-state index in [2.05, 4.69) is 26.8 Å². The lowest BCUT2D eigenvalue weighted by Crippen LogP contribution is -2.54. The zero-order chi connectivity index (χ0) is 24.8. The van der Waals surface area contributed by atoms with Gasteiger partial charge >= 0.3 is 5.97 Å². The SMILES string of the molecule is CC1(CO)C/C2=C\CC3C(C1)C(C)(CC2)CCC3(C)C(=O)Oc1ccc(CCS(=O)(=O)O)cc1. The number of aliphatic hydroxyl groups excluding tert-OH is 1. The summed E-state index contributed by atoms with van der Waals surface area (Å²) in [6.07, 6.45) is 9.26. The van der Waals surface area contributed by atoms with Crippen molar-refractivity contribution in [2.45, 2.75) is 72.1 Å². The Morgan fingerprint density at radius 3 is 2.44 bits per heavy atom. The molecule has 0 heterocycles. The standard InChI is InChI=1S/C27H38O6S/c1-25(18-28)16-20-6-9-22-23(17-25)26(2,12-10-20)13-14-27(22,3)24(29)33-21-7-4-19(5-8-21)11-15-34(30,31)32/h4-8,22-23,28H,9-18H2,1-3H3,(H,30,31,32)/b20-6-. The van der Waals surface area contributed by atoms with Crippen LogP contribution in [0.25, 0.3) is 0 Å². The molecule has 188 valence electrons. The fourth-order valence-electron chi connectivity index (χ4n) is 6.69. The van der Waals surface area contributed by atoms with Crippen LogP contribution in [0.4, 0.5) is 0 Å². The van der Waals surface area contributed by atoms with Gasteiger partial charge in [0.25, 0.3) is 10.1 Å². The average molecular weight is 491 g/mol. The monoisotopic (exact) mass is 490 g/mol. The minimum atomic E-state index is -4.02. The number of aliphatic hydroxyl groups is 1.